The fourth-order valence-corrected chi connectivity index (χ4v) is 1.81. The molecule has 0 fully saturated rings. The van der Waals surface area contributed by atoms with E-state index in [1.165, 1.54) is 0 Å². The third-order valence-electron chi connectivity index (χ3n) is 3.02. The third kappa shape index (κ3) is 2.79. The first-order valence-electron chi connectivity index (χ1n) is 5.36. The van der Waals surface area contributed by atoms with E-state index < -0.39 is 5.54 Å². The summed E-state index contributed by atoms with van der Waals surface area (Å²) >= 11 is 0. The van der Waals surface area contributed by atoms with Crippen molar-refractivity contribution in [3.8, 4) is 0 Å². The average molecular weight is 200 g/mol. The summed E-state index contributed by atoms with van der Waals surface area (Å²) in [6.45, 7) is 9.91. The Morgan fingerprint density at radius 2 is 1.79 bits per heavy atom. The SMILES string of the molecule is CCCC(C)(C)C(=O)C(C)(CC)NN. The Kier molecular flexibility index (Phi) is 4.75. The van der Waals surface area contributed by atoms with E-state index in [0.717, 1.165) is 19.3 Å². The molecule has 0 heterocycles. The summed E-state index contributed by atoms with van der Waals surface area (Å²) in [5, 5.41) is 0. The number of hydrazine groups is 1. The molecule has 0 aliphatic heterocycles. The molecule has 0 aliphatic rings. The van der Waals surface area contributed by atoms with E-state index in [0.29, 0.717) is 0 Å². The van der Waals surface area contributed by atoms with E-state index >= 15 is 0 Å². The van der Waals surface area contributed by atoms with Crippen molar-refractivity contribution in [2.24, 2.45) is 11.3 Å². The number of Topliss-reactive ketones (excluding diaryl/α,β-unsaturated/α-hetero) is 1. The first-order chi connectivity index (χ1) is 6.34. The van der Waals surface area contributed by atoms with Gasteiger partial charge in [-0.15, -0.1) is 0 Å². The van der Waals surface area contributed by atoms with Gasteiger partial charge in [0.1, 0.15) is 0 Å². The van der Waals surface area contributed by atoms with Crippen LogP contribution in [0.15, 0.2) is 0 Å². The van der Waals surface area contributed by atoms with Crippen LogP contribution in [-0.2, 0) is 4.79 Å². The summed E-state index contributed by atoms with van der Waals surface area (Å²) in [5.41, 5.74) is 1.77. The summed E-state index contributed by atoms with van der Waals surface area (Å²) in [5.74, 6) is 5.65. The van der Waals surface area contributed by atoms with E-state index in [1.54, 1.807) is 0 Å². The van der Waals surface area contributed by atoms with Gasteiger partial charge in [0.15, 0.2) is 5.78 Å². The minimum absolute atomic E-state index is 0.205. The summed E-state index contributed by atoms with van der Waals surface area (Å²) in [6, 6.07) is 0. The van der Waals surface area contributed by atoms with Gasteiger partial charge in [-0.05, 0) is 19.8 Å². The highest BCUT2D eigenvalue weighted by Gasteiger charge is 2.39. The summed E-state index contributed by atoms with van der Waals surface area (Å²) < 4.78 is 0. The predicted molar refractivity (Wildman–Crippen MR) is 59.7 cm³/mol. The molecule has 0 radical (unpaired) electrons. The summed E-state index contributed by atoms with van der Waals surface area (Å²) in [6.07, 6.45) is 2.64. The van der Waals surface area contributed by atoms with Crippen LogP contribution < -0.4 is 11.3 Å². The predicted octanol–water partition coefficient (Wildman–Crippen LogP) is 2.01. The molecule has 3 nitrogen and oxygen atoms in total. The van der Waals surface area contributed by atoms with Crippen molar-refractivity contribution in [3.63, 3.8) is 0 Å². The van der Waals surface area contributed by atoms with Crippen molar-refractivity contribution in [2.45, 2.75) is 59.4 Å². The van der Waals surface area contributed by atoms with Gasteiger partial charge in [-0.3, -0.25) is 10.6 Å². The normalized spacial score (nSPS) is 16.4. The highest BCUT2D eigenvalue weighted by Crippen LogP contribution is 2.29. The first kappa shape index (κ1) is 13.6. The van der Waals surface area contributed by atoms with E-state index in [-0.39, 0.29) is 11.2 Å². The van der Waals surface area contributed by atoms with Crippen LogP contribution in [0.3, 0.4) is 0 Å². The summed E-state index contributed by atoms with van der Waals surface area (Å²) in [7, 11) is 0. The Morgan fingerprint density at radius 3 is 2.07 bits per heavy atom. The minimum Gasteiger partial charge on any atom is -0.297 e. The number of rotatable bonds is 6. The second-order valence-corrected chi connectivity index (χ2v) is 4.79. The number of carbonyl (C=O) groups excluding carboxylic acids is 1. The van der Waals surface area contributed by atoms with Gasteiger partial charge in [0.2, 0.25) is 0 Å². The van der Waals surface area contributed by atoms with Crippen LogP contribution in [0.2, 0.25) is 0 Å². The molecule has 0 spiro atoms. The molecule has 1 unspecified atom stereocenters. The number of hydrogen-bond acceptors (Lipinski definition) is 3. The Morgan fingerprint density at radius 1 is 1.29 bits per heavy atom. The largest absolute Gasteiger partial charge is 0.297 e. The van der Waals surface area contributed by atoms with Gasteiger partial charge in [-0.1, -0.05) is 34.1 Å². The van der Waals surface area contributed by atoms with Crippen molar-refractivity contribution < 1.29 is 4.79 Å². The number of nitrogens with one attached hydrogen (secondary N) is 1. The molecule has 0 aromatic heterocycles. The fraction of sp³-hybridized carbons (Fsp3) is 0.909. The Hall–Kier alpha value is -0.410. The number of ketones is 1. The Bertz CT molecular complexity index is 195. The monoisotopic (exact) mass is 200 g/mol. The van der Waals surface area contributed by atoms with Crippen molar-refractivity contribution in [1.82, 2.24) is 5.43 Å². The van der Waals surface area contributed by atoms with Crippen LogP contribution in [0.4, 0.5) is 0 Å². The maximum atomic E-state index is 12.2. The van der Waals surface area contributed by atoms with E-state index in [9.17, 15) is 4.79 Å². The fourth-order valence-electron chi connectivity index (χ4n) is 1.81. The molecular weight excluding hydrogens is 176 g/mol. The van der Waals surface area contributed by atoms with Crippen molar-refractivity contribution in [1.29, 1.82) is 0 Å². The molecule has 0 saturated carbocycles. The zero-order valence-corrected chi connectivity index (χ0v) is 10.1. The summed E-state index contributed by atoms with van der Waals surface area (Å²) in [4.78, 5) is 12.2. The van der Waals surface area contributed by atoms with Crippen LogP contribution in [0.1, 0.15) is 53.9 Å². The van der Waals surface area contributed by atoms with Crippen molar-refractivity contribution >= 4 is 5.78 Å². The second-order valence-electron chi connectivity index (χ2n) is 4.79. The topological polar surface area (TPSA) is 55.1 Å². The highest BCUT2D eigenvalue weighted by atomic mass is 16.1. The molecule has 3 N–H and O–H groups in total. The zero-order chi connectivity index (χ0) is 11.4. The lowest BCUT2D eigenvalue weighted by Gasteiger charge is -2.34. The van der Waals surface area contributed by atoms with Crippen molar-refractivity contribution in [3.05, 3.63) is 0 Å². The van der Waals surface area contributed by atoms with Gasteiger partial charge in [-0.2, -0.15) is 0 Å². The van der Waals surface area contributed by atoms with Crippen LogP contribution in [-0.4, -0.2) is 11.3 Å². The molecule has 14 heavy (non-hydrogen) atoms. The lowest BCUT2D eigenvalue weighted by atomic mass is 9.74. The quantitative estimate of drug-likeness (QED) is 0.509. The second kappa shape index (κ2) is 4.89. The molecule has 0 rings (SSSR count). The smallest absolute Gasteiger partial charge is 0.159 e. The van der Waals surface area contributed by atoms with Crippen LogP contribution in [0, 0.1) is 5.41 Å². The molecule has 0 amide bonds. The lowest BCUT2D eigenvalue weighted by molar-refractivity contribution is -0.134. The number of carbonyl (C=O) groups is 1. The molecule has 0 aromatic rings. The molecule has 3 heteroatoms. The van der Waals surface area contributed by atoms with Crippen molar-refractivity contribution in [2.75, 3.05) is 0 Å². The minimum atomic E-state index is -0.585. The van der Waals surface area contributed by atoms with Crippen LogP contribution in [0.25, 0.3) is 0 Å². The molecular formula is C11H24N2O. The highest BCUT2D eigenvalue weighted by molar-refractivity contribution is 5.92. The standard InChI is InChI=1S/C11H24N2O/c1-6-8-10(3,4)9(14)11(5,7-2)13-12/h13H,6-8,12H2,1-5H3. The van der Waals surface area contributed by atoms with E-state index in [1.807, 2.05) is 27.7 Å². The first-order valence-corrected chi connectivity index (χ1v) is 5.36. The number of hydrogen-bond donors (Lipinski definition) is 2. The van der Waals surface area contributed by atoms with Gasteiger partial charge in [0, 0.05) is 5.41 Å². The van der Waals surface area contributed by atoms with Gasteiger partial charge in [0.25, 0.3) is 0 Å². The van der Waals surface area contributed by atoms with E-state index in [4.69, 9.17) is 5.84 Å². The zero-order valence-electron chi connectivity index (χ0n) is 10.1. The van der Waals surface area contributed by atoms with Gasteiger partial charge in [0.05, 0.1) is 5.54 Å². The molecule has 1 atom stereocenters. The molecule has 0 aliphatic carbocycles. The van der Waals surface area contributed by atoms with E-state index in [2.05, 4.69) is 12.3 Å². The molecule has 0 aromatic carbocycles. The maximum absolute atomic E-state index is 12.2. The number of nitrogens with two attached hydrogens (primary N) is 1. The maximum Gasteiger partial charge on any atom is 0.159 e. The Labute approximate surface area is 87.4 Å². The Balaban J connectivity index is 4.74. The third-order valence-corrected chi connectivity index (χ3v) is 3.02. The molecule has 84 valence electrons. The van der Waals surface area contributed by atoms with Gasteiger partial charge < -0.3 is 0 Å². The average Bonchev–Trinajstić information content (AvgIpc) is 2.15. The van der Waals surface area contributed by atoms with Crippen LogP contribution in [0.5, 0.6) is 0 Å². The van der Waals surface area contributed by atoms with Gasteiger partial charge >= 0.3 is 0 Å². The molecule has 0 bridgehead atoms. The van der Waals surface area contributed by atoms with Gasteiger partial charge in [-0.25, -0.2) is 5.43 Å². The van der Waals surface area contributed by atoms with Crippen LogP contribution >= 0.6 is 0 Å². The molecule has 0 saturated heterocycles. The lowest BCUT2D eigenvalue weighted by Crippen LogP contribution is -2.56.